The molecule has 17 heavy (non-hydrogen) atoms. The maximum absolute atomic E-state index is 3.61. The third-order valence-corrected chi connectivity index (χ3v) is 3.90. The van der Waals surface area contributed by atoms with Crippen LogP contribution in [0.15, 0.2) is 18.2 Å². The molecule has 0 aliphatic heterocycles. The number of nitrogens with one attached hydrogen (secondary N) is 1. The van der Waals surface area contributed by atoms with Crippen molar-refractivity contribution in [2.24, 2.45) is 0 Å². The van der Waals surface area contributed by atoms with Crippen LogP contribution in [0.2, 0.25) is 0 Å². The summed E-state index contributed by atoms with van der Waals surface area (Å²) in [5.41, 5.74) is 4.38. The summed E-state index contributed by atoms with van der Waals surface area (Å²) < 4.78 is 0. The number of hydrogen-bond donors (Lipinski definition) is 1. The predicted octanol–water partition coefficient (Wildman–Crippen LogP) is 3.58. The Morgan fingerprint density at radius 2 is 1.88 bits per heavy atom. The highest BCUT2D eigenvalue weighted by Crippen LogP contribution is 2.17. The van der Waals surface area contributed by atoms with Gasteiger partial charge < -0.3 is 5.32 Å². The Morgan fingerprint density at radius 1 is 1.24 bits per heavy atom. The van der Waals surface area contributed by atoms with E-state index in [-0.39, 0.29) is 0 Å². The van der Waals surface area contributed by atoms with Crippen molar-refractivity contribution in [3.05, 3.63) is 34.9 Å². The van der Waals surface area contributed by atoms with Crippen molar-refractivity contribution in [2.75, 3.05) is 18.6 Å². The predicted molar refractivity (Wildman–Crippen MR) is 80.1 cm³/mol. The Bertz CT molecular complexity index is 315. The lowest BCUT2D eigenvalue weighted by Gasteiger charge is -2.20. The summed E-state index contributed by atoms with van der Waals surface area (Å²) in [4.78, 5) is 0. The van der Waals surface area contributed by atoms with E-state index in [0.717, 1.165) is 13.0 Å². The van der Waals surface area contributed by atoms with Crippen LogP contribution in [0.1, 0.15) is 30.0 Å². The molecule has 0 aromatic heterocycles. The largest absolute Gasteiger partial charge is 0.314 e. The van der Waals surface area contributed by atoms with E-state index in [1.54, 1.807) is 0 Å². The fourth-order valence-electron chi connectivity index (χ4n) is 2.24. The fraction of sp³-hybridized carbons (Fsp3) is 0.600. The van der Waals surface area contributed by atoms with Crippen molar-refractivity contribution < 1.29 is 0 Å². The summed E-state index contributed by atoms with van der Waals surface area (Å²) in [5.74, 6) is 1.24. The zero-order valence-electron chi connectivity index (χ0n) is 11.5. The first-order valence-corrected chi connectivity index (χ1v) is 7.85. The molecule has 1 unspecified atom stereocenters. The number of benzene rings is 1. The highest BCUT2D eigenvalue weighted by atomic mass is 32.2. The molecule has 2 heteroatoms. The number of rotatable bonds is 7. The van der Waals surface area contributed by atoms with E-state index in [0.29, 0.717) is 6.04 Å². The number of thioether (sulfide) groups is 1. The third-order valence-electron chi connectivity index (χ3n) is 3.26. The van der Waals surface area contributed by atoms with Crippen molar-refractivity contribution in [1.82, 2.24) is 5.32 Å². The molecule has 0 aliphatic carbocycles. The zero-order valence-corrected chi connectivity index (χ0v) is 12.4. The number of hydrogen-bond acceptors (Lipinski definition) is 2. The van der Waals surface area contributed by atoms with Crippen LogP contribution < -0.4 is 5.32 Å². The van der Waals surface area contributed by atoms with Crippen molar-refractivity contribution >= 4 is 11.8 Å². The zero-order chi connectivity index (χ0) is 12.7. The minimum absolute atomic E-state index is 0.618. The fourth-order valence-corrected chi connectivity index (χ4v) is 2.76. The minimum atomic E-state index is 0.618. The maximum atomic E-state index is 3.61. The standard InChI is InChI=1S/C15H25NS/c1-5-16-14(9-10-17-4)11-15-12(2)7-6-8-13(15)3/h6-8,14,16H,5,9-11H2,1-4H3. The molecule has 0 aliphatic rings. The molecule has 1 N–H and O–H groups in total. The molecule has 1 nitrogen and oxygen atoms in total. The minimum Gasteiger partial charge on any atom is -0.314 e. The molecule has 1 aromatic rings. The molecular weight excluding hydrogens is 226 g/mol. The van der Waals surface area contributed by atoms with Crippen molar-refractivity contribution in [3.8, 4) is 0 Å². The van der Waals surface area contributed by atoms with Crippen LogP contribution in [-0.4, -0.2) is 24.6 Å². The summed E-state index contributed by atoms with van der Waals surface area (Å²) in [6.07, 6.45) is 4.59. The molecular formula is C15H25NS. The first-order valence-electron chi connectivity index (χ1n) is 6.46. The average molecular weight is 251 g/mol. The molecule has 0 bridgehead atoms. The summed E-state index contributed by atoms with van der Waals surface area (Å²) in [6, 6.07) is 7.21. The van der Waals surface area contributed by atoms with E-state index in [9.17, 15) is 0 Å². The van der Waals surface area contributed by atoms with Gasteiger partial charge in [-0.1, -0.05) is 25.1 Å². The van der Waals surface area contributed by atoms with E-state index in [2.05, 4.69) is 50.5 Å². The third kappa shape index (κ3) is 4.72. The average Bonchev–Trinajstić information content (AvgIpc) is 2.31. The van der Waals surface area contributed by atoms with Gasteiger partial charge in [-0.3, -0.25) is 0 Å². The molecule has 0 spiro atoms. The second kappa shape index (κ2) is 7.78. The van der Waals surface area contributed by atoms with Crippen LogP contribution in [0.25, 0.3) is 0 Å². The quantitative estimate of drug-likeness (QED) is 0.795. The van der Waals surface area contributed by atoms with Crippen LogP contribution in [-0.2, 0) is 6.42 Å². The van der Waals surface area contributed by atoms with E-state index in [1.807, 2.05) is 11.8 Å². The lowest BCUT2D eigenvalue weighted by Crippen LogP contribution is -2.32. The molecule has 0 fully saturated rings. The van der Waals surface area contributed by atoms with Gasteiger partial charge in [-0.05, 0) is 61.9 Å². The van der Waals surface area contributed by atoms with Gasteiger partial charge in [0.1, 0.15) is 0 Å². The van der Waals surface area contributed by atoms with Crippen LogP contribution in [0.5, 0.6) is 0 Å². The van der Waals surface area contributed by atoms with Gasteiger partial charge in [0.15, 0.2) is 0 Å². The molecule has 1 atom stereocenters. The van der Waals surface area contributed by atoms with Gasteiger partial charge in [-0.25, -0.2) is 0 Å². The van der Waals surface area contributed by atoms with E-state index in [4.69, 9.17) is 0 Å². The van der Waals surface area contributed by atoms with Gasteiger partial charge >= 0.3 is 0 Å². The topological polar surface area (TPSA) is 12.0 Å². The second-order valence-corrected chi connectivity index (χ2v) is 5.60. The lowest BCUT2D eigenvalue weighted by molar-refractivity contribution is 0.512. The van der Waals surface area contributed by atoms with Gasteiger partial charge in [0.05, 0.1) is 0 Å². The van der Waals surface area contributed by atoms with Crippen LogP contribution in [0.4, 0.5) is 0 Å². The lowest BCUT2D eigenvalue weighted by atomic mass is 9.95. The maximum Gasteiger partial charge on any atom is 0.0115 e. The summed E-state index contributed by atoms with van der Waals surface area (Å²) in [7, 11) is 0. The Balaban J connectivity index is 2.70. The van der Waals surface area contributed by atoms with Gasteiger partial charge in [0, 0.05) is 6.04 Å². The Labute approximate surface area is 110 Å². The molecule has 0 saturated heterocycles. The SMILES string of the molecule is CCNC(CCSC)Cc1c(C)cccc1C. The van der Waals surface area contributed by atoms with Crippen molar-refractivity contribution in [3.63, 3.8) is 0 Å². The molecule has 96 valence electrons. The molecule has 0 saturated carbocycles. The van der Waals surface area contributed by atoms with E-state index in [1.165, 1.54) is 28.9 Å². The van der Waals surface area contributed by atoms with Crippen molar-refractivity contribution in [1.29, 1.82) is 0 Å². The van der Waals surface area contributed by atoms with Gasteiger partial charge in [-0.15, -0.1) is 0 Å². The van der Waals surface area contributed by atoms with E-state index >= 15 is 0 Å². The van der Waals surface area contributed by atoms with Crippen LogP contribution >= 0.6 is 11.8 Å². The Hall–Kier alpha value is -0.470. The van der Waals surface area contributed by atoms with Gasteiger partial charge in [-0.2, -0.15) is 11.8 Å². The Morgan fingerprint density at radius 3 is 2.41 bits per heavy atom. The molecule has 0 radical (unpaired) electrons. The van der Waals surface area contributed by atoms with Gasteiger partial charge in [0.2, 0.25) is 0 Å². The monoisotopic (exact) mass is 251 g/mol. The van der Waals surface area contributed by atoms with E-state index < -0.39 is 0 Å². The number of aryl methyl sites for hydroxylation is 2. The molecule has 1 rings (SSSR count). The Kier molecular flexibility index (Phi) is 6.68. The summed E-state index contributed by atoms with van der Waals surface area (Å²) in [6.45, 7) is 7.70. The molecule has 1 aromatic carbocycles. The highest BCUT2D eigenvalue weighted by Gasteiger charge is 2.11. The number of likely N-dealkylation sites (N-methyl/N-ethyl adjacent to an activating group) is 1. The summed E-state index contributed by atoms with van der Waals surface area (Å²) in [5, 5.41) is 3.61. The van der Waals surface area contributed by atoms with Crippen LogP contribution in [0, 0.1) is 13.8 Å². The molecule has 0 heterocycles. The normalized spacial score (nSPS) is 12.7. The first-order chi connectivity index (χ1) is 8.19. The molecule has 0 amide bonds. The van der Waals surface area contributed by atoms with Gasteiger partial charge in [0.25, 0.3) is 0 Å². The summed E-state index contributed by atoms with van der Waals surface area (Å²) >= 11 is 1.93. The van der Waals surface area contributed by atoms with Crippen LogP contribution in [0.3, 0.4) is 0 Å². The second-order valence-electron chi connectivity index (χ2n) is 4.61. The smallest absolute Gasteiger partial charge is 0.0115 e. The highest BCUT2D eigenvalue weighted by molar-refractivity contribution is 7.98. The first kappa shape index (κ1) is 14.6. The van der Waals surface area contributed by atoms with Crippen molar-refractivity contribution in [2.45, 2.75) is 39.7 Å².